The Morgan fingerprint density at radius 2 is 2.06 bits per heavy atom. The van der Waals surface area contributed by atoms with Gasteiger partial charge in [0.1, 0.15) is 5.82 Å². The van der Waals surface area contributed by atoms with E-state index in [4.69, 9.17) is 10.2 Å². The van der Waals surface area contributed by atoms with Crippen LogP contribution in [0.1, 0.15) is 0 Å². The van der Waals surface area contributed by atoms with Gasteiger partial charge in [0.25, 0.3) is 0 Å². The third-order valence-corrected chi connectivity index (χ3v) is 2.77. The Morgan fingerprint density at radius 3 is 2.78 bits per heavy atom. The Hall–Kier alpha value is -2.63. The van der Waals surface area contributed by atoms with Gasteiger partial charge in [-0.2, -0.15) is 0 Å². The van der Waals surface area contributed by atoms with E-state index in [-0.39, 0.29) is 5.76 Å². The Morgan fingerprint density at radius 1 is 1.22 bits per heavy atom. The van der Waals surface area contributed by atoms with Crippen LogP contribution < -0.4 is 11.5 Å². The van der Waals surface area contributed by atoms with Crippen LogP contribution in [0.2, 0.25) is 0 Å². The van der Waals surface area contributed by atoms with Crippen LogP contribution in [0.15, 0.2) is 39.5 Å². The van der Waals surface area contributed by atoms with Crippen LogP contribution in [0.25, 0.3) is 22.4 Å². The summed E-state index contributed by atoms with van der Waals surface area (Å²) in [5.74, 6) is -0.0129. The molecule has 2 heterocycles. The molecular formula is C12H10N4O2. The number of aryl methyl sites for hydroxylation is 1. The molecule has 0 atom stereocenters. The minimum atomic E-state index is -0.384. The second kappa shape index (κ2) is 3.69. The number of nitrogens with two attached hydrogens (primary N) is 1. The van der Waals surface area contributed by atoms with Crippen molar-refractivity contribution >= 4 is 16.9 Å². The van der Waals surface area contributed by atoms with Crippen molar-refractivity contribution in [2.75, 3.05) is 5.73 Å². The molecule has 90 valence electrons. The molecule has 0 spiro atoms. The van der Waals surface area contributed by atoms with Gasteiger partial charge in [-0.3, -0.25) is 4.57 Å². The van der Waals surface area contributed by atoms with Gasteiger partial charge in [0.05, 0.1) is 11.2 Å². The second-order valence-corrected chi connectivity index (χ2v) is 3.95. The van der Waals surface area contributed by atoms with Gasteiger partial charge in [-0.05, 0) is 30.3 Å². The zero-order valence-corrected chi connectivity index (χ0v) is 9.62. The molecule has 6 heteroatoms. The Kier molecular flexibility index (Phi) is 2.16. The molecule has 0 aliphatic rings. The first-order valence-electron chi connectivity index (χ1n) is 5.34. The van der Waals surface area contributed by atoms with Gasteiger partial charge in [-0.25, -0.2) is 4.79 Å². The van der Waals surface area contributed by atoms with Crippen molar-refractivity contribution in [1.29, 1.82) is 0 Å². The van der Waals surface area contributed by atoms with Gasteiger partial charge >= 0.3 is 5.76 Å². The van der Waals surface area contributed by atoms with Crippen LogP contribution in [0.4, 0.5) is 5.82 Å². The number of fused-ring (bicyclic) bond motifs is 1. The predicted molar refractivity (Wildman–Crippen MR) is 66.9 cm³/mol. The summed E-state index contributed by atoms with van der Waals surface area (Å²) >= 11 is 0. The Labute approximate surface area is 102 Å². The van der Waals surface area contributed by atoms with Crippen molar-refractivity contribution in [3.63, 3.8) is 0 Å². The topological polar surface area (TPSA) is 86.9 Å². The molecule has 0 unspecified atom stereocenters. The molecule has 0 aliphatic carbocycles. The maximum atomic E-state index is 11.4. The molecule has 2 N–H and O–H groups in total. The van der Waals surface area contributed by atoms with E-state index in [1.54, 1.807) is 25.2 Å². The highest BCUT2D eigenvalue weighted by atomic mass is 16.4. The van der Waals surface area contributed by atoms with E-state index in [1.807, 2.05) is 12.1 Å². The molecule has 2 aromatic heterocycles. The zero-order valence-electron chi connectivity index (χ0n) is 9.62. The van der Waals surface area contributed by atoms with Crippen molar-refractivity contribution in [2.45, 2.75) is 0 Å². The number of nitrogen functional groups attached to an aromatic ring is 1. The van der Waals surface area contributed by atoms with E-state index in [9.17, 15) is 4.79 Å². The highest BCUT2D eigenvalue weighted by Gasteiger charge is 2.08. The average molecular weight is 242 g/mol. The van der Waals surface area contributed by atoms with Crippen LogP contribution in [-0.2, 0) is 7.05 Å². The van der Waals surface area contributed by atoms with Crippen LogP contribution >= 0.6 is 0 Å². The van der Waals surface area contributed by atoms with Gasteiger partial charge in [0, 0.05) is 12.6 Å². The molecule has 3 rings (SSSR count). The van der Waals surface area contributed by atoms with Gasteiger partial charge in [0.2, 0.25) is 0 Å². The quantitative estimate of drug-likeness (QED) is 0.692. The largest absolute Gasteiger partial charge is 0.419 e. The molecule has 0 aliphatic heterocycles. The predicted octanol–water partition coefficient (Wildman–Crippen LogP) is 1.17. The summed E-state index contributed by atoms with van der Waals surface area (Å²) in [6.07, 6.45) is 0. The number of oxazole rings is 1. The fourth-order valence-corrected chi connectivity index (χ4v) is 1.78. The lowest BCUT2D eigenvalue weighted by atomic mass is 10.1. The van der Waals surface area contributed by atoms with Gasteiger partial charge < -0.3 is 10.2 Å². The van der Waals surface area contributed by atoms with E-state index >= 15 is 0 Å². The first-order chi connectivity index (χ1) is 8.65. The normalized spacial score (nSPS) is 10.9. The lowest BCUT2D eigenvalue weighted by Crippen LogP contribution is -2.08. The summed E-state index contributed by atoms with van der Waals surface area (Å²) in [5, 5.41) is 7.80. The van der Waals surface area contributed by atoms with Gasteiger partial charge in [-0.1, -0.05) is 0 Å². The number of nitrogens with zero attached hydrogens (tertiary/aromatic N) is 3. The van der Waals surface area contributed by atoms with E-state index in [1.165, 1.54) is 4.57 Å². The monoisotopic (exact) mass is 242 g/mol. The molecule has 6 nitrogen and oxygen atoms in total. The molecule has 0 saturated carbocycles. The zero-order chi connectivity index (χ0) is 12.7. The fourth-order valence-electron chi connectivity index (χ4n) is 1.78. The van der Waals surface area contributed by atoms with Crippen molar-refractivity contribution in [2.24, 2.45) is 7.05 Å². The Balaban J connectivity index is 2.21. The molecule has 0 radical (unpaired) electrons. The minimum Gasteiger partial charge on any atom is -0.408 e. The molecule has 1 aromatic carbocycles. The summed E-state index contributed by atoms with van der Waals surface area (Å²) < 4.78 is 6.51. The van der Waals surface area contributed by atoms with Crippen LogP contribution in [0.3, 0.4) is 0 Å². The summed E-state index contributed by atoms with van der Waals surface area (Å²) in [5.41, 5.74) is 8.31. The Bertz CT molecular complexity index is 771. The molecule has 0 fully saturated rings. The number of aromatic nitrogens is 3. The lowest BCUT2D eigenvalue weighted by Gasteiger charge is -2.00. The summed E-state index contributed by atoms with van der Waals surface area (Å²) in [6.45, 7) is 0. The second-order valence-electron chi connectivity index (χ2n) is 3.95. The molecule has 0 bridgehead atoms. The molecule has 3 aromatic rings. The SMILES string of the molecule is Cn1c(=O)oc2ccc(-c3ccc(N)nn3)cc21. The summed E-state index contributed by atoms with van der Waals surface area (Å²) in [7, 11) is 1.66. The lowest BCUT2D eigenvalue weighted by molar-refractivity contribution is 0.528. The third-order valence-electron chi connectivity index (χ3n) is 2.77. The van der Waals surface area contributed by atoms with Crippen molar-refractivity contribution in [1.82, 2.24) is 14.8 Å². The smallest absolute Gasteiger partial charge is 0.408 e. The van der Waals surface area contributed by atoms with E-state index in [0.717, 1.165) is 11.1 Å². The standard InChI is InChI=1S/C12H10N4O2/c1-16-9-6-7(2-4-10(9)18-12(16)17)8-3-5-11(13)15-14-8/h2-6H,1H3,(H2,13,15). The van der Waals surface area contributed by atoms with Crippen molar-refractivity contribution in [3.05, 3.63) is 40.9 Å². The number of hydrogen-bond donors (Lipinski definition) is 1. The fraction of sp³-hybridized carbons (Fsp3) is 0.0833. The van der Waals surface area contributed by atoms with Crippen LogP contribution in [-0.4, -0.2) is 14.8 Å². The first-order valence-corrected chi connectivity index (χ1v) is 5.34. The molecule has 0 amide bonds. The summed E-state index contributed by atoms with van der Waals surface area (Å²) in [6, 6.07) is 8.86. The highest BCUT2D eigenvalue weighted by Crippen LogP contribution is 2.21. The van der Waals surface area contributed by atoms with Gasteiger partial charge in [0.15, 0.2) is 5.58 Å². The summed E-state index contributed by atoms with van der Waals surface area (Å²) in [4.78, 5) is 11.4. The highest BCUT2D eigenvalue weighted by molar-refractivity contribution is 5.79. The molecular weight excluding hydrogens is 232 g/mol. The van der Waals surface area contributed by atoms with Crippen molar-refractivity contribution in [3.8, 4) is 11.3 Å². The third kappa shape index (κ3) is 1.55. The molecule has 18 heavy (non-hydrogen) atoms. The maximum absolute atomic E-state index is 11.4. The number of hydrogen-bond acceptors (Lipinski definition) is 5. The number of benzene rings is 1. The first kappa shape index (κ1) is 10.5. The average Bonchev–Trinajstić information content (AvgIpc) is 2.66. The minimum absolute atomic E-state index is 0.371. The van der Waals surface area contributed by atoms with E-state index in [0.29, 0.717) is 17.1 Å². The molecule has 0 saturated heterocycles. The van der Waals surface area contributed by atoms with Crippen LogP contribution in [0, 0.1) is 0 Å². The van der Waals surface area contributed by atoms with E-state index < -0.39 is 0 Å². The number of rotatable bonds is 1. The number of anilines is 1. The van der Waals surface area contributed by atoms with Crippen LogP contribution in [0.5, 0.6) is 0 Å². The van der Waals surface area contributed by atoms with Crippen molar-refractivity contribution < 1.29 is 4.42 Å². The van der Waals surface area contributed by atoms with E-state index in [2.05, 4.69) is 10.2 Å². The maximum Gasteiger partial charge on any atom is 0.419 e. The van der Waals surface area contributed by atoms with Gasteiger partial charge in [-0.15, -0.1) is 10.2 Å².